The molecular formula is C16H16BrF3N4. The maximum Gasteiger partial charge on any atom is 0.222 e. The SMILES string of the molecule is CCN1CCC(Nc2ncc(Br)cn2)C1c1cc(F)c(F)c(F)c1. The monoisotopic (exact) mass is 400 g/mol. The molecule has 0 saturated carbocycles. The Morgan fingerprint density at radius 1 is 1.21 bits per heavy atom. The summed E-state index contributed by atoms with van der Waals surface area (Å²) in [5.41, 5.74) is 0.403. The number of nitrogens with zero attached hydrogens (tertiary/aromatic N) is 3. The molecule has 1 fully saturated rings. The Bertz CT molecular complexity index is 703. The lowest BCUT2D eigenvalue weighted by molar-refractivity contribution is 0.263. The molecule has 8 heteroatoms. The van der Waals surface area contributed by atoms with Crippen LogP contribution < -0.4 is 5.32 Å². The lowest BCUT2D eigenvalue weighted by Gasteiger charge is -2.28. The number of likely N-dealkylation sites (tertiary alicyclic amines) is 1. The Morgan fingerprint density at radius 2 is 1.83 bits per heavy atom. The molecule has 1 aromatic carbocycles. The Morgan fingerprint density at radius 3 is 2.42 bits per heavy atom. The van der Waals surface area contributed by atoms with Crippen molar-refractivity contribution in [1.82, 2.24) is 14.9 Å². The van der Waals surface area contributed by atoms with Crippen LogP contribution in [0.25, 0.3) is 0 Å². The Hall–Kier alpha value is -1.67. The summed E-state index contributed by atoms with van der Waals surface area (Å²) in [6.07, 6.45) is 4.00. The van der Waals surface area contributed by atoms with E-state index < -0.39 is 17.5 Å². The number of rotatable bonds is 4. The summed E-state index contributed by atoms with van der Waals surface area (Å²) in [7, 11) is 0. The minimum absolute atomic E-state index is 0.129. The highest BCUT2D eigenvalue weighted by molar-refractivity contribution is 9.10. The van der Waals surface area contributed by atoms with Crippen molar-refractivity contribution < 1.29 is 13.2 Å². The van der Waals surface area contributed by atoms with Crippen LogP contribution in [0.15, 0.2) is 29.0 Å². The minimum atomic E-state index is -1.44. The summed E-state index contributed by atoms with van der Waals surface area (Å²) in [6, 6.07) is 1.71. The van der Waals surface area contributed by atoms with Crippen LogP contribution in [0.5, 0.6) is 0 Å². The van der Waals surface area contributed by atoms with Gasteiger partial charge in [0.1, 0.15) is 0 Å². The van der Waals surface area contributed by atoms with Crippen LogP contribution in [-0.2, 0) is 0 Å². The summed E-state index contributed by atoms with van der Waals surface area (Å²) in [4.78, 5) is 10.4. The first-order chi connectivity index (χ1) is 11.5. The van der Waals surface area contributed by atoms with Gasteiger partial charge in [0.25, 0.3) is 0 Å². The van der Waals surface area contributed by atoms with E-state index in [2.05, 4.69) is 36.1 Å². The molecule has 128 valence electrons. The largest absolute Gasteiger partial charge is 0.350 e. The number of halogens is 4. The molecule has 0 aliphatic carbocycles. The van der Waals surface area contributed by atoms with Crippen LogP contribution in [0.1, 0.15) is 24.9 Å². The van der Waals surface area contributed by atoms with Gasteiger partial charge in [-0.3, -0.25) is 4.90 Å². The molecule has 3 rings (SSSR count). The summed E-state index contributed by atoms with van der Waals surface area (Å²) < 4.78 is 41.3. The second kappa shape index (κ2) is 7.06. The van der Waals surface area contributed by atoms with Gasteiger partial charge >= 0.3 is 0 Å². The number of nitrogens with one attached hydrogen (secondary N) is 1. The first kappa shape index (κ1) is 17.2. The van der Waals surface area contributed by atoms with Crippen LogP contribution in [0.3, 0.4) is 0 Å². The number of hydrogen-bond acceptors (Lipinski definition) is 4. The Balaban J connectivity index is 1.90. The molecule has 0 bridgehead atoms. The lowest BCUT2D eigenvalue weighted by atomic mass is 9.99. The van der Waals surface area contributed by atoms with Gasteiger partial charge in [0.15, 0.2) is 17.5 Å². The van der Waals surface area contributed by atoms with Crippen LogP contribution in [-0.4, -0.2) is 34.0 Å². The predicted molar refractivity (Wildman–Crippen MR) is 88.1 cm³/mol. The molecule has 24 heavy (non-hydrogen) atoms. The van der Waals surface area contributed by atoms with E-state index in [1.54, 1.807) is 12.4 Å². The van der Waals surface area contributed by atoms with E-state index in [4.69, 9.17) is 0 Å². The molecule has 1 saturated heterocycles. The molecule has 0 amide bonds. The smallest absolute Gasteiger partial charge is 0.222 e. The van der Waals surface area contributed by atoms with E-state index in [0.717, 1.165) is 29.6 Å². The second-order valence-electron chi connectivity index (χ2n) is 5.64. The molecule has 2 aromatic rings. The van der Waals surface area contributed by atoms with Crippen molar-refractivity contribution in [2.24, 2.45) is 0 Å². The summed E-state index contributed by atoms with van der Waals surface area (Å²) in [5, 5.41) is 3.21. The van der Waals surface area contributed by atoms with Gasteiger partial charge < -0.3 is 5.32 Å². The third-order valence-corrected chi connectivity index (χ3v) is 4.60. The first-order valence-electron chi connectivity index (χ1n) is 7.62. The van der Waals surface area contributed by atoms with Crippen molar-refractivity contribution >= 4 is 21.9 Å². The van der Waals surface area contributed by atoms with Crippen LogP contribution >= 0.6 is 15.9 Å². The second-order valence-corrected chi connectivity index (χ2v) is 6.55. The van der Waals surface area contributed by atoms with Gasteiger partial charge in [0.2, 0.25) is 5.95 Å². The zero-order chi connectivity index (χ0) is 17.3. The normalized spacial score (nSPS) is 21.2. The maximum absolute atomic E-state index is 13.6. The number of likely N-dealkylation sites (N-methyl/N-ethyl adjacent to an activating group) is 1. The van der Waals surface area contributed by atoms with Gasteiger partial charge in [-0.1, -0.05) is 6.92 Å². The highest BCUT2D eigenvalue weighted by Crippen LogP contribution is 2.34. The van der Waals surface area contributed by atoms with Gasteiger partial charge in [0, 0.05) is 25.0 Å². The number of anilines is 1. The van der Waals surface area contributed by atoms with Gasteiger partial charge in [-0.25, -0.2) is 23.1 Å². The lowest BCUT2D eigenvalue weighted by Crippen LogP contribution is -2.32. The predicted octanol–water partition coefficient (Wildman–Crippen LogP) is 3.90. The van der Waals surface area contributed by atoms with Crippen LogP contribution in [0.4, 0.5) is 19.1 Å². The fourth-order valence-electron chi connectivity index (χ4n) is 3.10. The van der Waals surface area contributed by atoms with Gasteiger partial charge in [-0.2, -0.15) is 0 Å². The standard InChI is InChI=1S/C16H16BrF3N4/c1-2-24-4-3-13(23-16-21-7-10(17)8-22-16)15(24)9-5-11(18)14(20)12(19)6-9/h5-8,13,15H,2-4H2,1H3,(H,21,22,23). The van der Waals surface area contributed by atoms with Gasteiger partial charge in [0.05, 0.1) is 10.5 Å². The Labute approximate surface area is 146 Å². The summed E-state index contributed by atoms with van der Waals surface area (Å²) >= 11 is 3.27. The van der Waals surface area contributed by atoms with E-state index in [-0.39, 0.29) is 12.1 Å². The molecule has 1 N–H and O–H groups in total. The van der Waals surface area contributed by atoms with Crippen LogP contribution in [0.2, 0.25) is 0 Å². The highest BCUT2D eigenvalue weighted by Gasteiger charge is 2.35. The number of aromatic nitrogens is 2. The summed E-state index contributed by atoms with van der Waals surface area (Å²) in [5.74, 6) is -3.35. The topological polar surface area (TPSA) is 41.0 Å². The van der Waals surface area contributed by atoms with E-state index in [0.29, 0.717) is 18.1 Å². The van der Waals surface area contributed by atoms with Crippen molar-refractivity contribution in [3.05, 3.63) is 52.0 Å². The van der Waals surface area contributed by atoms with Crippen LogP contribution in [0, 0.1) is 17.5 Å². The minimum Gasteiger partial charge on any atom is -0.350 e. The van der Waals surface area contributed by atoms with Crippen molar-refractivity contribution in [1.29, 1.82) is 0 Å². The third kappa shape index (κ3) is 3.39. The molecular weight excluding hydrogens is 385 g/mol. The molecule has 2 unspecified atom stereocenters. The molecule has 1 aromatic heterocycles. The molecule has 0 spiro atoms. The van der Waals surface area contributed by atoms with Crippen molar-refractivity contribution in [3.63, 3.8) is 0 Å². The number of benzene rings is 1. The average molecular weight is 401 g/mol. The van der Waals surface area contributed by atoms with E-state index in [1.165, 1.54) is 0 Å². The van der Waals surface area contributed by atoms with Gasteiger partial charge in [-0.15, -0.1) is 0 Å². The highest BCUT2D eigenvalue weighted by atomic mass is 79.9. The van der Waals surface area contributed by atoms with E-state index >= 15 is 0 Å². The molecule has 1 aliphatic heterocycles. The molecule has 4 nitrogen and oxygen atoms in total. The molecule has 2 atom stereocenters. The van der Waals surface area contributed by atoms with Crippen molar-refractivity contribution in [2.75, 3.05) is 18.4 Å². The average Bonchev–Trinajstić information content (AvgIpc) is 2.97. The fourth-order valence-corrected chi connectivity index (χ4v) is 3.31. The number of hydrogen-bond donors (Lipinski definition) is 1. The third-order valence-electron chi connectivity index (χ3n) is 4.19. The maximum atomic E-state index is 13.6. The summed E-state index contributed by atoms with van der Waals surface area (Å²) in [6.45, 7) is 3.45. The van der Waals surface area contributed by atoms with Crippen molar-refractivity contribution in [2.45, 2.75) is 25.4 Å². The fraction of sp³-hybridized carbons (Fsp3) is 0.375. The van der Waals surface area contributed by atoms with E-state index in [1.807, 2.05) is 6.92 Å². The zero-order valence-electron chi connectivity index (χ0n) is 12.9. The zero-order valence-corrected chi connectivity index (χ0v) is 14.5. The Kier molecular flexibility index (Phi) is 5.05. The van der Waals surface area contributed by atoms with Crippen molar-refractivity contribution in [3.8, 4) is 0 Å². The van der Waals surface area contributed by atoms with E-state index in [9.17, 15) is 13.2 Å². The quantitative estimate of drug-likeness (QED) is 0.790. The molecule has 2 heterocycles. The molecule has 0 radical (unpaired) electrons. The first-order valence-corrected chi connectivity index (χ1v) is 8.41. The van der Waals surface area contributed by atoms with Gasteiger partial charge in [-0.05, 0) is 46.6 Å². The molecule has 1 aliphatic rings.